The highest BCUT2D eigenvalue weighted by Crippen LogP contribution is 2.20. The Hall–Kier alpha value is -2.38. The van der Waals surface area contributed by atoms with Crippen molar-refractivity contribution < 1.29 is 18.6 Å². The molecule has 1 N–H and O–H groups in total. The van der Waals surface area contributed by atoms with Crippen molar-refractivity contribution in [2.45, 2.75) is 13.0 Å². The first kappa shape index (κ1) is 15.0. The van der Waals surface area contributed by atoms with Crippen molar-refractivity contribution in [2.75, 3.05) is 6.61 Å². The molecule has 0 bridgehead atoms. The fourth-order valence-corrected chi connectivity index (χ4v) is 1.72. The third-order valence-corrected chi connectivity index (χ3v) is 2.69. The smallest absolute Gasteiger partial charge is 0.138 e. The van der Waals surface area contributed by atoms with E-state index in [1.54, 1.807) is 12.1 Å². The van der Waals surface area contributed by atoms with Crippen LogP contribution in [-0.2, 0) is 6.61 Å². The average Bonchev–Trinajstić information content (AvgIpc) is 2.47. The second-order valence-electron chi connectivity index (χ2n) is 4.33. The van der Waals surface area contributed by atoms with Gasteiger partial charge in [-0.15, -0.1) is 0 Å². The maximum Gasteiger partial charge on any atom is 0.138 e. The van der Waals surface area contributed by atoms with Gasteiger partial charge < -0.3 is 9.84 Å². The zero-order valence-electron chi connectivity index (χ0n) is 11.3. The molecule has 2 nitrogen and oxygen atoms in total. The quantitative estimate of drug-likeness (QED) is 0.875. The van der Waals surface area contributed by atoms with E-state index < -0.39 is 5.82 Å². The zero-order valence-corrected chi connectivity index (χ0v) is 11.3. The third kappa shape index (κ3) is 4.59. The standard InChI is InChI=1S/C17H14F2O2/c18-15-6-3-4-13(10-15)12-21-17-11-16(19)8-7-14(17)5-1-2-9-20/h3-4,6-8,10-11,20H,2,9,12H2. The molecule has 0 aliphatic rings. The van der Waals surface area contributed by atoms with Gasteiger partial charge in [-0.2, -0.15) is 0 Å². The van der Waals surface area contributed by atoms with Crippen molar-refractivity contribution in [3.63, 3.8) is 0 Å². The zero-order chi connectivity index (χ0) is 15.1. The van der Waals surface area contributed by atoms with E-state index in [0.29, 0.717) is 23.3 Å². The van der Waals surface area contributed by atoms with E-state index in [1.807, 2.05) is 0 Å². The number of halogens is 2. The van der Waals surface area contributed by atoms with E-state index in [1.165, 1.54) is 30.3 Å². The summed E-state index contributed by atoms with van der Waals surface area (Å²) in [6.45, 7) is 0.0869. The maximum atomic E-state index is 13.3. The van der Waals surface area contributed by atoms with Crippen LogP contribution in [0.4, 0.5) is 8.78 Å². The van der Waals surface area contributed by atoms with Gasteiger partial charge >= 0.3 is 0 Å². The van der Waals surface area contributed by atoms with E-state index in [9.17, 15) is 8.78 Å². The van der Waals surface area contributed by atoms with E-state index in [4.69, 9.17) is 9.84 Å². The van der Waals surface area contributed by atoms with Gasteiger partial charge in [-0.25, -0.2) is 8.78 Å². The summed E-state index contributed by atoms with van der Waals surface area (Å²) in [6.07, 6.45) is 0.334. The van der Waals surface area contributed by atoms with Crippen molar-refractivity contribution in [3.05, 3.63) is 65.2 Å². The number of aliphatic hydroxyl groups excluding tert-OH is 1. The average molecular weight is 288 g/mol. The first-order valence-corrected chi connectivity index (χ1v) is 6.45. The van der Waals surface area contributed by atoms with Crippen molar-refractivity contribution in [1.29, 1.82) is 0 Å². The summed E-state index contributed by atoms with van der Waals surface area (Å²) in [4.78, 5) is 0. The van der Waals surface area contributed by atoms with Gasteiger partial charge in [-0.3, -0.25) is 0 Å². The Bertz CT molecular complexity index is 672. The SMILES string of the molecule is OCCC#Cc1ccc(F)cc1OCc1cccc(F)c1. The molecule has 0 radical (unpaired) electrons. The lowest BCUT2D eigenvalue weighted by Crippen LogP contribution is -1.98. The molecule has 0 heterocycles. The number of benzene rings is 2. The van der Waals surface area contributed by atoms with Crippen LogP contribution in [0, 0.1) is 23.5 Å². The molecule has 0 saturated heterocycles. The predicted molar refractivity (Wildman–Crippen MR) is 75.7 cm³/mol. The van der Waals surface area contributed by atoms with Crippen LogP contribution in [0.2, 0.25) is 0 Å². The Kier molecular flexibility index (Phi) is 5.30. The van der Waals surface area contributed by atoms with Crippen molar-refractivity contribution in [1.82, 2.24) is 0 Å². The van der Waals surface area contributed by atoms with Gasteiger partial charge in [-0.1, -0.05) is 24.0 Å². The normalized spacial score (nSPS) is 9.86. The van der Waals surface area contributed by atoms with E-state index >= 15 is 0 Å². The Morgan fingerprint density at radius 2 is 1.86 bits per heavy atom. The fourth-order valence-electron chi connectivity index (χ4n) is 1.72. The lowest BCUT2D eigenvalue weighted by Gasteiger charge is -2.08. The van der Waals surface area contributed by atoms with Crippen LogP contribution in [0.5, 0.6) is 5.75 Å². The molecule has 4 heteroatoms. The van der Waals surface area contributed by atoms with Crippen LogP contribution in [-0.4, -0.2) is 11.7 Å². The van der Waals surface area contributed by atoms with Crippen LogP contribution in [0.3, 0.4) is 0 Å². The highest BCUT2D eigenvalue weighted by Gasteiger charge is 2.04. The van der Waals surface area contributed by atoms with E-state index in [-0.39, 0.29) is 19.0 Å². The molecular weight excluding hydrogens is 274 g/mol. The van der Waals surface area contributed by atoms with Gasteiger partial charge in [0.15, 0.2) is 0 Å². The van der Waals surface area contributed by atoms with Crippen LogP contribution in [0.1, 0.15) is 17.5 Å². The van der Waals surface area contributed by atoms with Gasteiger partial charge in [0.1, 0.15) is 24.0 Å². The molecule has 0 fully saturated rings. The fraction of sp³-hybridized carbons (Fsp3) is 0.176. The first-order chi connectivity index (χ1) is 10.2. The monoisotopic (exact) mass is 288 g/mol. The number of rotatable bonds is 4. The molecular formula is C17H14F2O2. The van der Waals surface area contributed by atoms with Gasteiger partial charge in [0.25, 0.3) is 0 Å². The molecule has 2 aromatic rings. The Balaban J connectivity index is 2.15. The Morgan fingerprint density at radius 3 is 2.62 bits per heavy atom. The molecule has 108 valence electrons. The highest BCUT2D eigenvalue weighted by molar-refractivity contribution is 5.46. The second-order valence-corrected chi connectivity index (χ2v) is 4.33. The van der Waals surface area contributed by atoms with Gasteiger partial charge in [0.2, 0.25) is 0 Å². The molecule has 0 aliphatic carbocycles. The van der Waals surface area contributed by atoms with Gasteiger partial charge in [-0.05, 0) is 29.8 Å². The van der Waals surface area contributed by atoms with Crippen molar-refractivity contribution >= 4 is 0 Å². The Labute approximate surface area is 122 Å². The van der Waals surface area contributed by atoms with E-state index in [2.05, 4.69) is 11.8 Å². The number of aliphatic hydroxyl groups is 1. The molecule has 0 saturated carbocycles. The minimum absolute atomic E-state index is 0.0341. The number of ether oxygens (including phenoxy) is 1. The molecule has 0 amide bonds. The third-order valence-electron chi connectivity index (χ3n) is 2.69. The lowest BCUT2D eigenvalue weighted by atomic mass is 10.2. The van der Waals surface area contributed by atoms with Crippen LogP contribution in [0.15, 0.2) is 42.5 Å². The topological polar surface area (TPSA) is 29.5 Å². The molecule has 0 spiro atoms. The molecule has 21 heavy (non-hydrogen) atoms. The Morgan fingerprint density at radius 1 is 1.05 bits per heavy atom. The van der Waals surface area contributed by atoms with Crippen LogP contribution in [0.25, 0.3) is 0 Å². The molecule has 2 rings (SSSR count). The minimum Gasteiger partial charge on any atom is -0.487 e. The number of hydrogen-bond donors (Lipinski definition) is 1. The van der Waals surface area contributed by atoms with Crippen LogP contribution >= 0.6 is 0 Å². The summed E-state index contributed by atoms with van der Waals surface area (Å²) in [7, 11) is 0. The van der Waals surface area contributed by atoms with Crippen molar-refractivity contribution in [2.24, 2.45) is 0 Å². The summed E-state index contributed by atoms with van der Waals surface area (Å²) < 4.78 is 31.9. The first-order valence-electron chi connectivity index (χ1n) is 6.45. The largest absolute Gasteiger partial charge is 0.487 e. The van der Waals surface area contributed by atoms with Crippen LogP contribution < -0.4 is 4.74 Å². The van der Waals surface area contributed by atoms with Crippen molar-refractivity contribution in [3.8, 4) is 17.6 Å². The lowest BCUT2D eigenvalue weighted by molar-refractivity contribution is 0.302. The predicted octanol–water partition coefficient (Wildman–Crippen LogP) is 3.28. The summed E-state index contributed by atoms with van der Waals surface area (Å²) in [5, 5.41) is 8.71. The minimum atomic E-state index is -0.433. The highest BCUT2D eigenvalue weighted by atomic mass is 19.1. The maximum absolute atomic E-state index is 13.3. The molecule has 0 aromatic heterocycles. The summed E-state index contributed by atoms with van der Waals surface area (Å²) >= 11 is 0. The summed E-state index contributed by atoms with van der Waals surface area (Å²) in [6, 6.07) is 10.1. The number of hydrogen-bond acceptors (Lipinski definition) is 2. The summed E-state index contributed by atoms with van der Waals surface area (Å²) in [5.74, 6) is 5.08. The second kappa shape index (κ2) is 7.41. The molecule has 0 aliphatic heterocycles. The van der Waals surface area contributed by atoms with E-state index in [0.717, 1.165) is 0 Å². The summed E-state index contributed by atoms with van der Waals surface area (Å²) in [5.41, 5.74) is 1.18. The molecule has 0 atom stereocenters. The molecule has 2 aromatic carbocycles. The van der Waals surface area contributed by atoms with Gasteiger partial charge in [0, 0.05) is 12.5 Å². The molecule has 0 unspecified atom stereocenters. The van der Waals surface area contributed by atoms with Gasteiger partial charge in [0.05, 0.1) is 12.2 Å².